The van der Waals surface area contributed by atoms with E-state index < -0.39 is 6.43 Å². The first-order valence-electron chi connectivity index (χ1n) is 9.67. The van der Waals surface area contributed by atoms with Crippen molar-refractivity contribution in [2.24, 2.45) is 5.92 Å². The van der Waals surface area contributed by atoms with Crippen LogP contribution in [-0.4, -0.2) is 50.9 Å². The minimum atomic E-state index is -2.62. The standard InChI is InChI=1S/C20H22F2N6OS/c1-11(2)15-9-28(6-5-23-15)20-24-8-14(26-27-20)13-4-3-12(7-17(13)29)19-25-16(10-30-19)18(21)22/h3-4,7-8,10-11,15,18,23,29H,5-6,9H2,1-2H3/t15-/m1/s1. The van der Waals surface area contributed by atoms with E-state index in [1.54, 1.807) is 18.3 Å². The molecule has 0 amide bonds. The Balaban J connectivity index is 1.52. The molecule has 2 aromatic heterocycles. The Labute approximate surface area is 176 Å². The zero-order valence-electron chi connectivity index (χ0n) is 16.6. The number of hydrogen-bond donors (Lipinski definition) is 2. The van der Waals surface area contributed by atoms with Gasteiger partial charge in [-0.15, -0.1) is 21.5 Å². The van der Waals surface area contributed by atoms with Crippen LogP contribution in [0.15, 0.2) is 29.8 Å². The number of thiazole rings is 1. The highest BCUT2D eigenvalue weighted by atomic mass is 32.1. The summed E-state index contributed by atoms with van der Waals surface area (Å²) in [6.07, 6.45) is -1.03. The number of alkyl halides is 2. The number of rotatable bonds is 5. The average molecular weight is 433 g/mol. The van der Waals surface area contributed by atoms with Crippen LogP contribution in [0.25, 0.3) is 21.8 Å². The van der Waals surface area contributed by atoms with Crippen LogP contribution in [0.3, 0.4) is 0 Å². The van der Waals surface area contributed by atoms with E-state index in [9.17, 15) is 13.9 Å². The first-order valence-corrected chi connectivity index (χ1v) is 10.6. The van der Waals surface area contributed by atoms with Crippen LogP contribution in [0.2, 0.25) is 0 Å². The average Bonchev–Trinajstić information content (AvgIpc) is 3.25. The third kappa shape index (κ3) is 4.24. The number of nitrogens with zero attached hydrogens (tertiary/aromatic N) is 5. The van der Waals surface area contributed by atoms with Gasteiger partial charge in [0.25, 0.3) is 6.43 Å². The maximum absolute atomic E-state index is 12.8. The molecule has 1 aromatic carbocycles. The zero-order valence-corrected chi connectivity index (χ0v) is 17.4. The van der Waals surface area contributed by atoms with Gasteiger partial charge in [0.15, 0.2) is 0 Å². The predicted octanol–water partition coefficient (Wildman–Crippen LogP) is 3.74. The van der Waals surface area contributed by atoms with Gasteiger partial charge in [0.05, 0.1) is 6.20 Å². The van der Waals surface area contributed by atoms with Gasteiger partial charge < -0.3 is 15.3 Å². The van der Waals surface area contributed by atoms with Gasteiger partial charge in [0, 0.05) is 42.2 Å². The first-order chi connectivity index (χ1) is 14.4. The molecule has 0 unspecified atom stereocenters. The minimum absolute atomic E-state index is 0.0350. The molecular weight excluding hydrogens is 410 g/mol. The summed E-state index contributed by atoms with van der Waals surface area (Å²) < 4.78 is 25.5. The molecule has 1 aliphatic heterocycles. The zero-order chi connectivity index (χ0) is 21.3. The van der Waals surface area contributed by atoms with E-state index in [2.05, 4.69) is 44.2 Å². The van der Waals surface area contributed by atoms with Gasteiger partial charge in [-0.05, 0) is 18.1 Å². The second-order valence-electron chi connectivity index (χ2n) is 7.50. The molecule has 0 bridgehead atoms. The van der Waals surface area contributed by atoms with E-state index in [0.717, 1.165) is 31.0 Å². The number of nitrogens with one attached hydrogen (secondary N) is 1. The molecule has 0 spiro atoms. The number of aromatic nitrogens is 4. The van der Waals surface area contributed by atoms with Crippen LogP contribution < -0.4 is 10.2 Å². The summed E-state index contributed by atoms with van der Waals surface area (Å²) in [5.41, 5.74) is 1.20. The number of aromatic hydroxyl groups is 1. The number of hydrogen-bond acceptors (Lipinski definition) is 8. The van der Waals surface area contributed by atoms with Gasteiger partial charge in [-0.25, -0.2) is 18.7 Å². The Morgan fingerprint density at radius 3 is 2.73 bits per heavy atom. The maximum Gasteiger partial charge on any atom is 0.281 e. The SMILES string of the molecule is CC(C)[C@H]1CN(c2ncc(-c3ccc(-c4nc(C(F)F)cs4)cc3O)nn2)CCN1. The van der Waals surface area contributed by atoms with Gasteiger partial charge in [0.1, 0.15) is 22.1 Å². The molecule has 158 valence electrons. The van der Waals surface area contributed by atoms with Gasteiger partial charge >= 0.3 is 0 Å². The molecule has 7 nitrogen and oxygen atoms in total. The maximum atomic E-state index is 12.8. The Hall–Kier alpha value is -2.72. The quantitative estimate of drug-likeness (QED) is 0.635. The molecule has 3 heterocycles. The summed E-state index contributed by atoms with van der Waals surface area (Å²) in [7, 11) is 0. The monoisotopic (exact) mass is 432 g/mol. The van der Waals surface area contributed by atoms with Crippen molar-refractivity contribution in [3.05, 3.63) is 35.5 Å². The number of phenols is 1. The van der Waals surface area contributed by atoms with Crippen LogP contribution in [0.4, 0.5) is 14.7 Å². The molecule has 0 saturated carbocycles. The van der Waals surface area contributed by atoms with Crippen molar-refractivity contribution in [2.75, 3.05) is 24.5 Å². The normalized spacial score (nSPS) is 17.1. The second-order valence-corrected chi connectivity index (χ2v) is 8.36. The predicted molar refractivity (Wildman–Crippen MR) is 112 cm³/mol. The Morgan fingerprint density at radius 1 is 1.27 bits per heavy atom. The van der Waals surface area contributed by atoms with Crippen LogP contribution in [-0.2, 0) is 0 Å². The van der Waals surface area contributed by atoms with Crippen molar-refractivity contribution in [1.82, 2.24) is 25.5 Å². The lowest BCUT2D eigenvalue weighted by molar-refractivity contribution is 0.147. The Bertz CT molecular complexity index is 1010. The van der Waals surface area contributed by atoms with Crippen LogP contribution in [0, 0.1) is 5.92 Å². The topological polar surface area (TPSA) is 87.1 Å². The van der Waals surface area contributed by atoms with Gasteiger partial charge in [-0.3, -0.25) is 0 Å². The van der Waals surface area contributed by atoms with E-state index in [4.69, 9.17) is 0 Å². The molecule has 10 heteroatoms. The van der Waals surface area contributed by atoms with Gasteiger partial charge in [-0.2, -0.15) is 0 Å². The summed E-state index contributed by atoms with van der Waals surface area (Å²) in [4.78, 5) is 10.4. The molecule has 30 heavy (non-hydrogen) atoms. The van der Waals surface area contributed by atoms with Crippen LogP contribution >= 0.6 is 11.3 Å². The third-order valence-corrected chi connectivity index (χ3v) is 6.02. The molecule has 0 aliphatic carbocycles. The highest BCUT2D eigenvalue weighted by Gasteiger charge is 2.24. The largest absolute Gasteiger partial charge is 0.507 e. The van der Waals surface area contributed by atoms with Crippen molar-refractivity contribution < 1.29 is 13.9 Å². The fourth-order valence-corrected chi connectivity index (χ4v) is 4.15. The van der Waals surface area contributed by atoms with Crippen LogP contribution in [0.5, 0.6) is 5.75 Å². The minimum Gasteiger partial charge on any atom is -0.507 e. The number of piperazine rings is 1. The molecule has 4 rings (SSSR count). The van der Waals surface area contributed by atoms with Crippen molar-refractivity contribution in [3.63, 3.8) is 0 Å². The fourth-order valence-electron chi connectivity index (χ4n) is 3.34. The molecule has 3 aromatic rings. The summed E-state index contributed by atoms with van der Waals surface area (Å²) in [6.45, 7) is 6.83. The summed E-state index contributed by atoms with van der Waals surface area (Å²) in [5.74, 6) is 1.03. The Kier molecular flexibility index (Phi) is 5.87. The lowest BCUT2D eigenvalue weighted by atomic mass is 10.0. The molecule has 1 saturated heterocycles. The molecule has 1 atom stereocenters. The number of halogens is 2. The first kappa shape index (κ1) is 20.5. The van der Waals surface area contributed by atoms with E-state index in [0.29, 0.717) is 39.7 Å². The van der Waals surface area contributed by atoms with E-state index in [1.807, 2.05) is 0 Å². The number of anilines is 1. The summed E-state index contributed by atoms with van der Waals surface area (Å²) in [5, 5.41) is 24.2. The summed E-state index contributed by atoms with van der Waals surface area (Å²) >= 11 is 1.11. The lowest BCUT2D eigenvalue weighted by Gasteiger charge is -2.35. The number of phenolic OH excluding ortho intramolecular Hbond substituents is 1. The molecule has 2 N–H and O–H groups in total. The molecule has 1 fully saturated rings. The van der Waals surface area contributed by atoms with Crippen LogP contribution in [0.1, 0.15) is 26.0 Å². The molecular formula is C20H22F2N6OS. The lowest BCUT2D eigenvalue weighted by Crippen LogP contribution is -2.53. The van der Waals surface area contributed by atoms with Crippen molar-refractivity contribution in [1.29, 1.82) is 0 Å². The van der Waals surface area contributed by atoms with Crippen molar-refractivity contribution >= 4 is 17.3 Å². The second kappa shape index (κ2) is 8.57. The van der Waals surface area contributed by atoms with E-state index >= 15 is 0 Å². The highest BCUT2D eigenvalue weighted by Crippen LogP contribution is 2.34. The number of benzene rings is 1. The molecule has 0 radical (unpaired) electrons. The van der Waals surface area contributed by atoms with Gasteiger partial charge in [-0.1, -0.05) is 19.9 Å². The summed E-state index contributed by atoms with van der Waals surface area (Å²) in [6, 6.07) is 5.24. The smallest absolute Gasteiger partial charge is 0.281 e. The van der Waals surface area contributed by atoms with Crippen molar-refractivity contribution in [3.8, 4) is 27.6 Å². The highest BCUT2D eigenvalue weighted by molar-refractivity contribution is 7.13. The molecule has 1 aliphatic rings. The third-order valence-electron chi connectivity index (χ3n) is 5.11. The van der Waals surface area contributed by atoms with Gasteiger partial charge in [0.2, 0.25) is 5.95 Å². The van der Waals surface area contributed by atoms with E-state index in [1.165, 1.54) is 11.4 Å². The Morgan fingerprint density at radius 2 is 2.10 bits per heavy atom. The van der Waals surface area contributed by atoms with Crippen molar-refractivity contribution in [2.45, 2.75) is 26.3 Å². The fraction of sp³-hybridized carbons (Fsp3) is 0.400. The van der Waals surface area contributed by atoms with E-state index in [-0.39, 0.29) is 11.4 Å².